The summed E-state index contributed by atoms with van der Waals surface area (Å²) in [6, 6.07) is 0.269. The van der Waals surface area contributed by atoms with Crippen LogP contribution < -0.4 is 4.90 Å². The van der Waals surface area contributed by atoms with Gasteiger partial charge in [-0.25, -0.2) is 4.79 Å². The quantitative estimate of drug-likeness (QED) is 0.800. The van der Waals surface area contributed by atoms with Gasteiger partial charge in [-0.15, -0.1) is 0 Å². The minimum absolute atomic E-state index is 0.269. The maximum absolute atomic E-state index is 11.9. The van der Waals surface area contributed by atoms with Crippen LogP contribution in [0, 0.1) is 0 Å². The summed E-state index contributed by atoms with van der Waals surface area (Å²) in [5.41, 5.74) is 0.477. The number of hydrogen-bond acceptors (Lipinski definition) is 4. The van der Waals surface area contributed by atoms with E-state index in [0.29, 0.717) is 16.8 Å². The zero-order valence-electron chi connectivity index (χ0n) is 10.8. The van der Waals surface area contributed by atoms with E-state index in [-0.39, 0.29) is 12.0 Å². The first-order valence-electron chi connectivity index (χ1n) is 5.52. The molecule has 0 aliphatic rings. The van der Waals surface area contributed by atoms with Crippen LogP contribution in [0.25, 0.3) is 0 Å². The van der Waals surface area contributed by atoms with Gasteiger partial charge in [0.25, 0.3) is 0 Å². The molecule has 0 bridgehead atoms. The summed E-state index contributed by atoms with van der Waals surface area (Å²) in [5.74, 6) is 0.403. The summed E-state index contributed by atoms with van der Waals surface area (Å²) in [5, 5.41) is 4.21. The molecule has 0 saturated heterocycles. The van der Waals surface area contributed by atoms with Crippen molar-refractivity contribution in [2.75, 3.05) is 18.6 Å². The highest BCUT2D eigenvalue weighted by atomic mass is 79.9. The number of ether oxygens (including phenoxy) is 1. The molecular formula is C11H18BrN3O2. The van der Waals surface area contributed by atoms with Gasteiger partial charge in [0.05, 0.1) is 6.61 Å². The summed E-state index contributed by atoms with van der Waals surface area (Å²) >= 11 is 3.30. The SMILES string of the molecule is CCOC(=O)c1c(Br)nn(C)c1N(C)C(C)C. The fourth-order valence-electron chi connectivity index (χ4n) is 1.51. The monoisotopic (exact) mass is 303 g/mol. The fraction of sp³-hybridized carbons (Fsp3) is 0.636. The second kappa shape index (κ2) is 5.53. The Labute approximate surface area is 110 Å². The first-order chi connectivity index (χ1) is 7.90. The van der Waals surface area contributed by atoms with Crippen molar-refractivity contribution < 1.29 is 9.53 Å². The van der Waals surface area contributed by atoms with Crippen LogP contribution in [0.1, 0.15) is 31.1 Å². The van der Waals surface area contributed by atoms with E-state index >= 15 is 0 Å². The highest BCUT2D eigenvalue weighted by Gasteiger charge is 2.25. The molecular weight excluding hydrogens is 286 g/mol. The molecule has 0 amide bonds. The number of halogens is 1. The lowest BCUT2D eigenvalue weighted by Crippen LogP contribution is -2.29. The Morgan fingerprint density at radius 3 is 2.65 bits per heavy atom. The average molecular weight is 304 g/mol. The van der Waals surface area contributed by atoms with Crippen molar-refractivity contribution in [3.63, 3.8) is 0 Å². The first kappa shape index (κ1) is 14.0. The van der Waals surface area contributed by atoms with Gasteiger partial charge in [0.15, 0.2) is 0 Å². The predicted molar refractivity (Wildman–Crippen MR) is 70.4 cm³/mol. The summed E-state index contributed by atoms with van der Waals surface area (Å²) in [6.07, 6.45) is 0. The van der Waals surface area contributed by atoms with E-state index in [1.165, 1.54) is 0 Å². The van der Waals surface area contributed by atoms with Crippen molar-refractivity contribution in [2.45, 2.75) is 26.8 Å². The molecule has 0 saturated carbocycles. The zero-order valence-corrected chi connectivity index (χ0v) is 12.4. The normalized spacial score (nSPS) is 10.8. The molecule has 1 aromatic heterocycles. The molecule has 0 fully saturated rings. The van der Waals surface area contributed by atoms with Gasteiger partial charge < -0.3 is 9.64 Å². The van der Waals surface area contributed by atoms with Gasteiger partial charge in [0.1, 0.15) is 16.0 Å². The second-order valence-electron chi connectivity index (χ2n) is 4.04. The number of carbonyl (C=O) groups excluding carboxylic acids is 1. The Balaban J connectivity index is 3.24. The highest BCUT2D eigenvalue weighted by Crippen LogP contribution is 2.28. The van der Waals surface area contributed by atoms with E-state index in [1.54, 1.807) is 11.6 Å². The van der Waals surface area contributed by atoms with Crippen LogP contribution in [0.15, 0.2) is 4.60 Å². The number of nitrogens with zero attached hydrogens (tertiary/aromatic N) is 3. The minimum atomic E-state index is -0.352. The van der Waals surface area contributed by atoms with Crippen molar-refractivity contribution in [2.24, 2.45) is 7.05 Å². The van der Waals surface area contributed by atoms with Gasteiger partial charge in [-0.05, 0) is 36.7 Å². The van der Waals surface area contributed by atoms with E-state index in [0.717, 1.165) is 5.82 Å². The molecule has 17 heavy (non-hydrogen) atoms. The van der Waals surface area contributed by atoms with Gasteiger partial charge >= 0.3 is 5.97 Å². The molecule has 0 unspecified atom stereocenters. The van der Waals surface area contributed by atoms with Crippen LogP contribution in [0.3, 0.4) is 0 Å². The lowest BCUT2D eigenvalue weighted by atomic mass is 10.2. The largest absolute Gasteiger partial charge is 0.462 e. The number of hydrogen-bond donors (Lipinski definition) is 0. The topological polar surface area (TPSA) is 47.4 Å². The van der Waals surface area contributed by atoms with Gasteiger partial charge in [0, 0.05) is 20.1 Å². The number of anilines is 1. The number of rotatable bonds is 4. The average Bonchev–Trinajstić information content (AvgIpc) is 2.52. The Hall–Kier alpha value is -1.04. The molecule has 0 aromatic carbocycles. The third kappa shape index (κ3) is 2.80. The number of esters is 1. The van der Waals surface area contributed by atoms with Crippen LogP contribution in [0.2, 0.25) is 0 Å². The summed E-state index contributed by atoms with van der Waals surface area (Å²) in [7, 11) is 3.73. The minimum Gasteiger partial charge on any atom is -0.462 e. The maximum Gasteiger partial charge on any atom is 0.344 e. The highest BCUT2D eigenvalue weighted by molar-refractivity contribution is 9.10. The Kier molecular flexibility index (Phi) is 4.56. The number of aromatic nitrogens is 2. The fourth-order valence-corrected chi connectivity index (χ4v) is 2.09. The molecule has 0 aliphatic heterocycles. The predicted octanol–water partition coefficient (Wildman–Crippen LogP) is 2.20. The van der Waals surface area contributed by atoms with Crippen LogP contribution in [0.4, 0.5) is 5.82 Å². The van der Waals surface area contributed by atoms with Crippen molar-refractivity contribution >= 4 is 27.7 Å². The molecule has 1 aromatic rings. The van der Waals surface area contributed by atoms with E-state index < -0.39 is 0 Å². The van der Waals surface area contributed by atoms with Crippen LogP contribution in [-0.4, -0.2) is 35.4 Å². The van der Waals surface area contributed by atoms with Crippen LogP contribution in [-0.2, 0) is 11.8 Å². The number of carbonyl (C=O) groups is 1. The van der Waals surface area contributed by atoms with Crippen molar-refractivity contribution in [1.82, 2.24) is 9.78 Å². The molecule has 0 radical (unpaired) electrons. The summed E-state index contributed by atoms with van der Waals surface area (Å²) in [4.78, 5) is 13.9. The standard InChI is InChI=1S/C11H18BrN3O2/c1-6-17-11(16)8-9(12)13-15(5)10(8)14(4)7(2)3/h7H,6H2,1-5H3. The van der Waals surface area contributed by atoms with Gasteiger partial charge in [0.2, 0.25) is 0 Å². The van der Waals surface area contributed by atoms with Crippen LogP contribution in [0.5, 0.6) is 0 Å². The van der Waals surface area contributed by atoms with Crippen LogP contribution >= 0.6 is 15.9 Å². The molecule has 0 atom stereocenters. The lowest BCUT2D eigenvalue weighted by Gasteiger charge is -2.24. The molecule has 6 heteroatoms. The Morgan fingerprint density at radius 2 is 2.18 bits per heavy atom. The van der Waals surface area contributed by atoms with Crippen molar-refractivity contribution in [3.05, 3.63) is 10.2 Å². The smallest absolute Gasteiger partial charge is 0.344 e. The first-order valence-corrected chi connectivity index (χ1v) is 6.31. The molecule has 5 nitrogen and oxygen atoms in total. The van der Waals surface area contributed by atoms with Crippen molar-refractivity contribution in [3.8, 4) is 0 Å². The molecule has 0 spiro atoms. The Morgan fingerprint density at radius 1 is 1.59 bits per heavy atom. The number of aryl methyl sites for hydroxylation is 1. The third-order valence-electron chi connectivity index (χ3n) is 2.56. The molecule has 96 valence electrons. The lowest BCUT2D eigenvalue weighted by molar-refractivity contribution is 0.0526. The Bertz CT molecular complexity index is 415. The van der Waals surface area contributed by atoms with E-state index in [4.69, 9.17) is 4.74 Å². The van der Waals surface area contributed by atoms with Crippen molar-refractivity contribution in [1.29, 1.82) is 0 Å². The third-order valence-corrected chi connectivity index (χ3v) is 3.12. The van der Waals surface area contributed by atoms with E-state index in [9.17, 15) is 4.79 Å². The summed E-state index contributed by atoms with van der Waals surface area (Å²) in [6.45, 7) is 6.24. The zero-order chi connectivity index (χ0) is 13.2. The molecule has 0 N–H and O–H groups in total. The molecule has 1 heterocycles. The van der Waals surface area contributed by atoms with E-state index in [1.807, 2.05) is 19.0 Å². The van der Waals surface area contributed by atoms with Gasteiger partial charge in [-0.1, -0.05) is 0 Å². The molecule has 1 rings (SSSR count). The van der Waals surface area contributed by atoms with Gasteiger partial charge in [-0.3, -0.25) is 4.68 Å². The summed E-state index contributed by atoms with van der Waals surface area (Å²) < 4.78 is 7.24. The second-order valence-corrected chi connectivity index (χ2v) is 4.79. The molecule has 0 aliphatic carbocycles. The van der Waals surface area contributed by atoms with E-state index in [2.05, 4.69) is 34.9 Å². The maximum atomic E-state index is 11.9. The van der Waals surface area contributed by atoms with Gasteiger partial charge in [-0.2, -0.15) is 5.10 Å².